The van der Waals surface area contributed by atoms with Crippen LogP contribution in [0.5, 0.6) is 5.75 Å². The molecule has 3 heteroatoms. The monoisotopic (exact) mass is 210 g/mol. The Labute approximate surface area is 91.6 Å². The summed E-state index contributed by atoms with van der Waals surface area (Å²) in [6.45, 7) is 1.45. The van der Waals surface area contributed by atoms with Crippen LogP contribution in [0, 0.1) is 0 Å². The second-order valence-corrected chi connectivity index (χ2v) is 3.53. The van der Waals surface area contributed by atoms with E-state index in [0.29, 0.717) is 5.75 Å². The number of nitrogens with one attached hydrogen (secondary N) is 1. The average molecular weight is 210 g/mol. The third-order valence-corrected chi connectivity index (χ3v) is 2.65. The van der Waals surface area contributed by atoms with Gasteiger partial charge in [0.1, 0.15) is 0 Å². The Balaban J connectivity index is 2.43. The highest BCUT2D eigenvalue weighted by Crippen LogP contribution is 2.30. The van der Waals surface area contributed by atoms with E-state index in [9.17, 15) is 4.79 Å². The highest BCUT2D eigenvalue weighted by Gasteiger charge is 2.07. The normalized spacial score (nSPS) is 10.8. The fraction of sp³-hybridized carbons (Fsp3) is 0. The van der Waals surface area contributed by atoms with Crippen LogP contribution in [0.15, 0.2) is 42.5 Å². The number of hydrogen-bond acceptors (Lipinski definition) is 2. The van der Waals surface area contributed by atoms with Crippen LogP contribution >= 0.6 is 0 Å². The minimum atomic E-state index is 0.503. The zero-order valence-electron chi connectivity index (χ0n) is 8.36. The first kappa shape index (κ1) is 8.97. The quantitative estimate of drug-likeness (QED) is 0.706. The van der Waals surface area contributed by atoms with Gasteiger partial charge >= 0.3 is 6.47 Å². The molecule has 0 aliphatic heterocycles. The Hall–Kier alpha value is -2.29. The summed E-state index contributed by atoms with van der Waals surface area (Å²) in [5.41, 5.74) is 1.85. The van der Waals surface area contributed by atoms with Crippen LogP contribution in [-0.2, 0) is 4.79 Å². The molecule has 3 aromatic rings. The van der Waals surface area contributed by atoms with Crippen molar-refractivity contribution in [2.24, 2.45) is 0 Å². The van der Waals surface area contributed by atoms with E-state index >= 15 is 0 Å². The first-order chi connectivity index (χ1) is 7.90. The van der Waals surface area contributed by atoms with E-state index in [1.165, 1.54) is 6.47 Å². The lowest BCUT2D eigenvalue weighted by molar-refractivity contribution is 0.445. The van der Waals surface area contributed by atoms with E-state index in [1.807, 2.05) is 36.4 Å². The largest absolute Gasteiger partial charge is 0.423 e. The van der Waals surface area contributed by atoms with Crippen molar-refractivity contribution in [2.45, 2.75) is 0 Å². The van der Waals surface area contributed by atoms with Gasteiger partial charge in [0.15, 0.2) is 5.75 Å². The molecule has 0 amide bonds. The van der Waals surface area contributed by atoms with Gasteiger partial charge in [-0.2, -0.15) is 0 Å². The van der Waals surface area contributed by atoms with Gasteiger partial charge < -0.3 is 9.72 Å². The fourth-order valence-corrected chi connectivity index (χ4v) is 1.98. The molecule has 0 saturated carbocycles. The van der Waals surface area contributed by atoms with E-state index in [2.05, 4.69) is 4.98 Å². The lowest BCUT2D eigenvalue weighted by atomic mass is 10.1. The number of aromatic nitrogens is 1. The van der Waals surface area contributed by atoms with Gasteiger partial charge in [-0.3, -0.25) is 0 Å². The molecule has 0 unspecified atom stereocenters. The minimum absolute atomic E-state index is 0.503. The van der Waals surface area contributed by atoms with Crippen molar-refractivity contribution >= 4 is 28.3 Å². The third-order valence-electron chi connectivity index (χ3n) is 2.65. The number of para-hydroxylation sites is 2. The molecule has 2 aromatic carbocycles. The van der Waals surface area contributed by atoms with Crippen LogP contribution in [0.4, 0.5) is 0 Å². The Bertz CT molecular complexity index is 670. The number of H-pyrrole nitrogens is 1. The minimum Gasteiger partial charge on any atom is -0.416 e. The number of aromatic amines is 1. The molecule has 1 N–H and O–H groups in total. The zero-order chi connectivity index (χ0) is 11.0. The van der Waals surface area contributed by atoms with Crippen molar-refractivity contribution in [1.29, 1.82) is 0 Å². The van der Waals surface area contributed by atoms with E-state index in [0.717, 1.165) is 21.8 Å². The first-order valence-electron chi connectivity index (χ1n) is 4.93. The lowest BCUT2D eigenvalue weighted by Crippen LogP contribution is -1.88. The van der Waals surface area contributed by atoms with Crippen molar-refractivity contribution in [3.63, 3.8) is 0 Å². The van der Waals surface area contributed by atoms with Crippen LogP contribution in [0.2, 0.25) is 0 Å². The summed E-state index contributed by atoms with van der Waals surface area (Å²) >= 11 is 0. The standard InChI is InChI=1S/C13H8NO2/c15-8-16-12-7-3-5-10-9-4-1-2-6-11(9)14-13(10)12/h1-7,14H. The maximum atomic E-state index is 10.3. The van der Waals surface area contributed by atoms with Crippen LogP contribution < -0.4 is 4.74 Å². The maximum Gasteiger partial charge on any atom is 0.423 e. The Morgan fingerprint density at radius 2 is 1.81 bits per heavy atom. The zero-order valence-corrected chi connectivity index (χ0v) is 8.36. The van der Waals surface area contributed by atoms with Gasteiger partial charge in [0.05, 0.1) is 5.52 Å². The molecule has 0 aliphatic carbocycles. The van der Waals surface area contributed by atoms with Crippen molar-refractivity contribution in [3.8, 4) is 5.75 Å². The average Bonchev–Trinajstić information content (AvgIpc) is 2.69. The smallest absolute Gasteiger partial charge is 0.416 e. The van der Waals surface area contributed by atoms with Gasteiger partial charge in [-0.05, 0) is 12.1 Å². The van der Waals surface area contributed by atoms with Gasteiger partial charge in [-0.1, -0.05) is 30.3 Å². The van der Waals surface area contributed by atoms with Gasteiger partial charge in [0, 0.05) is 16.3 Å². The molecule has 0 atom stereocenters. The number of benzene rings is 2. The van der Waals surface area contributed by atoms with Gasteiger partial charge in [0.25, 0.3) is 0 Å². The fourth-order valence-electron chi connectivity index (χ4n) is 1.98. The molecule has 0 bridgehead atoms. The molecule has 0 aliphatic rings. The number of fused-ring (bicyclic) bond motifs is 3. The Kier molecular flexibility index (Phi) is 1.90. The summed E-state index contributed by atoms with van der Waals surface area (Å²) in [5, 5.41) is 2.16. The highest BCUT2D eigenvalue weighted by molar-refractivity contribution is 6.09. The Morgan fingerprint density at radius 1 is 1.00 bits per heavy atom. The predicted octanol–water partition coefficient (Wildman–Crippen LogP) is 2.77. The molecule has 3 rings (SSSR count). The predicted molar refractivity (Wildman–Crippen MR) is 62.1 cm³/mol. The van der Waals surface area contributed by atoms with Crippen LogP contribution in [0.3, 0.4) is 0 Å². The van der Waals surface area contributed by atoms with Crippen molar-refractivity contribution in [1.82, 2.24) is 4.98 Å². The summed E-state index contributed by atoms with van der Waals surface area (Å²) < 4.78 is 4.81. The van der Waals surface area contributed by atoms with Gasteiger partial charge in [0.2, 0.25) is 0 Å². The van der Waals surface area contributed by atoms with Crippen molar-refractivity contribution < 1.29 is 9.53 Å². The molecule has 1 heterocycles. The Morgan fingerprint density at radius 3 is 2.69 bits per heavy atom. The molecule has 0 saturated heterocycles. The van der Waals surface area contributed by atoms with Crippen LogP contribution in [-0.4, -0.2) is 11.5 Å². The maximum absolute atomic E-state index is 10.3. The summed E-state index contributed by atoms with van der Waals surface area (Å²) in [7, 11) is 0. The number of ether oxygens (including phenoxy) is 1. The molecule has 16 heavy (non-hydrogen) atoms. The van der Waals surface area contributed by atoms with Crippen LogP contribution in [0.25, 0.3) is 21.8 Å². The SMILES string of the molecule is O=[C]Oc1cccc2c1[nH]c1ccccc12. The summed E-state index contributed by atoms with van der Waals surface area (Å²) in [6.07, 6.45) is 0. The van der Waals surface area contributed by atoms with Gasteiger partial charge in [-0.25, -0.2) is 4.79 Å². The molecule has 1 aromatic heterocycles. The number of carbonyl (C=O) groups excluding carboxylic acids is 1. The third kappa shape index (κ3) is 1.18. The van der Waals surface area contributed by atoms with E-state index < -0.39 is 0 Å². The molecule has 77 valence electrons. The van der Waals surface area contributed by atoms with Crippen molar-refractivity contribution in [2.75, 3.05) is 0 Å². The second-order valence-electron chi connectivity index (χ2n) is 3.53. The topological polar surface area (TPSA) is 42.1 Å². The van der Waals surface area contributed by atoms with Crippen molar-refractivity contribution in [3.05, 3.63) is 42.5 Å². The molecule has 1 radical (unpaired) electrons. The molecule has 0 spiro atoms. The van der Waals surface area contributed by atoms with E-state index in [-0.39, 0.29) is 0 Å². The molecular weight excluding hydrogens is 202 g/mol. The first-order valence-corrected chi connectivity index (χ1v) is 4.93. The summed E-state index contributed by atoms with van der Waals surface area (Å²) in [5.74, 6) is 0.503. The van der Waals surface area contributed by atoms with E-state index in [4.69, 9.17) is 4.74 Å². The number of rotatable bonds is 2. The lowest BCUT2D eigenvalue weighted by Gasteiger charge is -1.97. The van der Waals surface area contributed by atoms with E-state index in [1.54, 1.807) is 6.07 Å². The number of hydrogen-bond donors (Lipinski definition) is 1. The molecule has 0 fully saturated rings. The second kappa shape index (κ2) is 3.38. The molecular formula is C13H8NO2. The summed E-state index contributed by atoms with van der Waals surface area (Å²) in [6, 6.07) is 13.6. The van der Waals surface area contributed by atoms with Crippen LogP contribution in [0.1, 0.15) is 0 Å². The summed E-state index contributed by atoms with van der Waals surface area (Å²) in [4.78, 5) is 13.5. The molecule has 3 nitrogen and oxygen atoms in total. The van der Waals surface area contributed by atoms with Gasteiger partial charge in [-0.15, -0.1) is 0 Å². The highest BCUT2D eigenvalue weighted by atomic mass is 16.5.